The highest BCUT2D eigenvalue weighted by Gasteiger charge is 2.21. The number of nitrogens with two attached hydrogens (primary N) is 4. The van der Waals surface area contributed by atoms with Crippen molar-refractivity contribution in [2.75, 3.05) is 169 Å². The summed E-state index contributed by atoms with van der Waals surface area (Å²) in [5.41, 5.74) is 26.2. The Morgan fingerprint density at radius 2 is 0.737 bits per heavy atom. The van der Waals surface area contributed by atoms with Crippen LogP contribution in [-0.2, 0) is 33.3 Å². The highest BCUT2D eigenvalue weighted by atomic mass is 79.9. The summed E-state index contributed by atoms with van der Waals surface area (Å²) < 4.78 is 30.0. The zero-order valence-corrected chi connectivity index (χ0v) is 79.4. The molecule has 3 aromatic heterocycles. The van der Waals surface area contributed by atoms with Gasteiger partial charge in [0.1, 0.15) is 53.5 Å². The van der Waals surface area contributed by atoms with Crippen LogP contribution in [0.2, 0.25) is 0 Å². The molecule has 0 unspecified atom stereocenters. The van der Waals surface area contributed by atoms with Crippen molar-refractivity contribution in [3.05, 3.63) is 56.2 Å². The number of hydrogen-bond donors (Lipinski definition) is 16. The molecule has 3 aromatic rings. The number of aromatic nitrogens is 6. The van der Waals surface area contributed by atoms with E-state index in [2.05, 4.69) is 73.4 Å². The lowest BCUT2D eigenvalue weighted by atomic mass is 10.2. The van der Waals surface area contributed by atoms with Crippen LogP contribution in [-0.4, -0.2) is 303 Å². The Kier molecular flexibility index (Phi) is 93.5. The lowest BCUT2D eigenvalue weighted by Gasteiger charge is -2.22. The number of carbonyl (C=O) groups excluding carboxylic acids is 6. The number of amides is 2. The molecule has 3 heterocycles. The fraction of sp³-hybridized carbons (Fsp3) is 0.810. The van der Waals surface area contributed by atoms with E-state index in [1.54, 1.807) is 51.8 Å². The summed E-state index contributed by atoms with van der Waals surface area (Å²) in [5.74, 6) is -0.313. The molecule has 0 spiro atoms. The minimum absolute atomic E-state index is 0. The van der Waals surface area contributed by atoms with Crippen LogP contribution >= 0.6 is 15.9 Å². The first-order valence-electron chi connectivity index (χ1n) is 40.7. The van der Waals surface area contributed by atoms with Crippen LogP contribution in [0.1, 0.15) is 215 Å². The number of imidazole rings is 3. The first kappa shape index (κ1) is 131. The number of quaternary nitrogens is 3. The van der Waals surface area contributed by atoms with Gasteiger partial charge in [0.25, 0.3) is 0 Å². The zero-order valence-electron chi connectivity index (χ0n) is 75.5. The average molecular weight is 1830 g/mol. The SMILES string of the molecule is CC(C)(C)O.CC(C)(C)OC(=O)CCCCN(CCO)CCCNC(=O)OC(C)(C)C.CC(C)(C)OC(=O)CCCCNCCCNC(=O)OC(C)(C)C.CC(C)(C)OC(=O)n1ccnc1.NCCCN(CCO)CCCN.NCCCNCCCN.O=C(n1ccnc1)n1ccnc1.OCCBr.[Cl-].[Cl-].[Cl-].[NH3+]CCC[NH+](CCO)CCC[NH3+]. The number of esters is 2. The molecule has 702 valence electrons. The maximum absolute atomic E-state index is 11.7. The van der Waals surface area contributed by atoms with Crippen molar-refractivity contribution in [2.45, 2.75) is 248 Å². The Hall–Kier alpha value is -5.04. The Balaban J connectivity index is -0.000000168. The predicted octanol–water partition coefficient (Wildman–Crippen LogP) is -5.49. The Bertz CT molecular complexity index is 2520. The second-order valence-electron chi connectivity index (χ2n) is 32.2. The predicted molar refractivity (Wildman–Crippen MR) is 459 cm³/mol. The van der Waals surface area contributed by atoms with E-state index in [9.17, 15) is 33.9 Å². The van der Waals surface area contributed by atoms with E-state index in [0.717, 1.165) is 182 Å². The van der Waals surface area contributed by atoms with Crippen LogP contribution in [0.25, 0.3) is 0 Å². The van der Waals surface area contributed by atoms with Crippen molar-refractivity contribution in [3.8, 4) is 0 Å². The summed E-state index contributed by atoms with van der Waals surface area (Å²) in [6.07, 6.45) is 24.7. The van der Waals surface area contributed by atoms with Crippen molar-refractivity contribution in [2.24, 2.45) is 22.9 Å². The number of aliphatic hydroxyl groups is 5. The second kappa shape index (κ2) is 84.2. The van der Waals surface area contributed by atoms with Gasteiger partial charge in [0.05, 0.1) is 58.2 Å². The molecule has 0 bridgehead atoms. The van der Waals surface area contributed by atoms with Crippen LogP contribution in [0.5, 0.6) is 0 Å². The van der Waals surface area contributed by atoms with Gasteiger partial charge in [-0.25, -0.2) is 38.7 Å². The topological polar surface area (TPSA) is 522 Å². The van der Waals surface area contributed by atoms with Crippen molar-refractivity contribution in [3.63, 3.8) is 0 Å². The van der Waals surface area contributed by atoms with E-state index in [1.807, 2.05) is 104 Å². The monoisotopic (exact) mass is 1820 g/mol. The maximum Gasteiger partial charge on any atom is 0.419 e. The highest BCUT2D eigenvalue weighted by Crippen LogP contribution is 2.13. The van der Waals surface area contributed by atoms with E-state index in [1.165, 1.54) is 43.8 Å². The van der Waals surface area contributed by atoms with Crippen LogP contribution in [0.15, 0.2) is 56.2 Å². The number of alkyl carbamates (subject to hydrolysis) is 2. The van der Waals surface area contributed by atoms with E-state index in [-0.39, 0.29) is 81.1 Å². The number of carbonyl (C=O) groups is 6. The van der Waals surface area contributed by atoms with Crippen LogP contribution in [0.4, 0.5) is 19.2 Å². The second-order valence-corrected chi connectivity index (χ2v) is 33.0. The van der Waals surface area contributed by atoms with Gasteiger partial charge < -0.3 is 157 Å². The summed E-state index contributed by atoms with van der Waals surface area (Å²) in [6.45, 7) is 51.5. The lowest BCUT2D eigenvalue weighted by Crippen LogP contribution is -3.12. The van der Waals surface area contributed by atoms with Gasteiger partial charge in [-0.2, -0.15) is 0 Å². The molecular formula is C79H167BrCl3N19O16. The summed E-state index contributed by atoms with van der Waals surface area (Å²) in [6, 6.07) is -0.190. The summed E-state index contributed by atoms with van der Waals surface area (Å²) in [4.78, 5) is 85.9. The standard InChI is InChI=1S/C19H38N2O5.C17H34N2O4.2C8H21N3O.C8H12N2O2.C7H6N4O.C6H17N3.C4H10O.C2H5BrO.3ClH/c1-18(2,3)25-16(23)10-7-8-12-21(14-15-22)13-9-11-20-17(24)26-19(4,5)6;1-16(2,3)22-14(20)10-7-8-11-18-12-9-13-19-15(21)23-17(4,5)6;2*9-3-1-5-11(7-8-12)6-2-4-10;1-8(2,3)12-7(11)10-5-4-9-6-10;12-7(10-3-1-8-5-10)11-4-2-9-6-11;7-3-1-5-9-6-2-4-8;1-4(2,3)5;3-1-2-4;;;/h22H,7-15H2,1-6H3,(H,20,24);18H,7-13H2,1-6H3,(H,19,21);2*12H,1-10H2;4-6H,1-3H3;1-6H;9H,1-8H2;5H,1-3H3;4H,1-2H2;3*1H. The normalized spacial score (nSPS) is 10.9. The molecule has 2 amide bonds. The van der Waals surface area contributed by atoms with Gasteiger partial charge in [-0.3, -0.25) is 18.7 Å². The molecule has 0 saturated carbocycles. The Morgan fingerprint density at radius 3 is 1.05 bits per heavy atom. The fourth-order valence-electron chi connectivity index (χ4n) is 8.56. The van der Waals surface area contributed by atoms with Gasteiger partial charge in [0.2, 0.25) is 0 Å². The number of alkyl halides is 1. The molecule has 0 radical (unpaired) electrons. The molecule has 0 fully saturated rings. The third-order valence-corrected chi connectivity index (χ3v) is 13.8. The van der Waals surface area contributed by atoms with Gasteiger partial charge in [-0.15, -0.1) is 0 Å². The largest absolute Gasteiger partial charge is 1.00 e. The minimum atomic E-state index is -0.500. The number of unbranched alkanes of at least 4 members (excludes halogenated alkanes) is 2. The van der Waals surface area contributed by atoms with Crippen LogP contribution in [0, 0.1) is 0 Å². The van der Waals surface area contributed by atoms with Gasteiger partial charge in [-0.1, -0.05) is 15.9 Å². The summed E-state index contributed by atoms with van der Waals surface area (Å²) >= 11 is 3.00. The quantitative estimate of drug-likeness (QED) is 0.0109. The molecule has 0 aliphatic rings. The number of ether oxygens (including phenoxy) is 5. The van der Waals surface area contributed by atoms with Crippen molar-refractivity contribution < 1.29 is 132 Å². The number of nitrogens with one attached hydrogen (secondary N) is 5. The number of halogens is 4. The average Bonchev–Trinajstić information content (AvgIpc) is 1.74. The molecule has 0 atom stereocenters. The van der Waals surface area contributed by atoms with E-state index in [4.69, 9.17) is 67.0 Å². The number of rotatable bonds is 43. The summed E-state index contributed by atoms with van der Waals surface area (Å²) in [5, 5.41) is 55.7. The molecule has 35 nitrogen and oxygen atoms in total. The fourth-order valence-corrected chi connectivity index (χ4v) is 8.56. The van der Waals surface area contributed by atoms with Crippen LogP contribution < -0.4 is 97.8 Å². The van der Waals surface area contributed by atoms with E-state index in [0.29, 0.717) is 57.5 Å². The minimum Gasteiger partial charge on any atom is -1.00 e. The van der Waals surface area contributed by atoms with E-state index >= 15 is 0 Å². The van der Waals surface area contributed by atoms with Gasteiger partial charge >= 0.3 is 36.2 Å². The molecular weight excluding hydrogens is 1660 g/mol. The summed E-state index contributed by atoms with van der Waals surface area (Å²) in [7, 11) is 0. The van der Waals surface area contributed by atoms with Crippen molar-refractivity contribution >= 4 is 52.2 Å². The van der Waals surface area contributed by atoms with Gasteiger partial charge in [0.15, 0.2) is 0 Å². The Labute approximate surface area is 735 Å². The number of aliphatic hydroxyl groups excluding tert-OH is 4. The molecule has 118 heavy (non-hydrogen) atoms. The van der Waals surface area contributed by atoms with Crippen LogP contribution in [0.3, 0.4) is 0 Å². The molecule has 39 heteroatoms. The molecule has 0 aromatic carbocycles. The third-order valence-electron chi connectivity index (χ3n) is 13.4. The first-order valence-corrected chi connectivity index (χ1v) is 41.8. The van der Waals surface area contributed by atoms with Gasteiger partial charge in [-0.05, 0) is 267 Å². The third kappa shape index (κ3) is 109. The highest BCUT2D eigenvalue weighted by molar-refractivity contribution is 9.09. The molecule has 3 rings (SSSR count). The van der Waals surface area contributed by atoms with Gasteiger partial charge in [0, 0.05) is 94.4 Å². The smallest absolute Gasteiger partial charge is 0.419 e. The van der Waals surface area contributed by atoms with Crippen molar-refractivity contribution in [1.29, 1.82) is 0 Å². The van der Waals surface area contributed by atoms with E-state index < -0.39 is 45.8 Å². The lowest BCUT2D eigenvalue weighted by molar-refractivity contribution is -0.902. The number of nitrogens with zero attached hydrogens (tertiary/aromatic N) is 8. The molecule has 24 N–H and O–H groups in total. The molecule has 0 aliphatic carbocycles. The molecule has 0 aliphatic heterocycles. The molecule has 0 saturated heterocycles. The van der Waals surface area contributed by atoms with Crippen molar-refractivity contribution in [1.82, 2.24) is 59.7 Å². The Morgan fingerprint density at radius 1 is 0.415 bits per heavy atom. The maximum atomic E-state index is 11.7. The zero-order chi connectivity index (χ0) is 89.1. The first-order chi connectivity index (χ1) is 53.8. The number of hydrogen-bond acceptors (Lipinski definition) is 27.